The molecule has 1 rings (SSSR count). The number of aliphatic hydroxyl groups is 1. The SMILES string of the molecule is C=CCCC1(O)[C@](C)(C(=C)C)CC[C@]1(C)C(=C)C. The molecule has 1 heteroatoms. The molecule has 0 saturated heterocycles. The summed E-state index contributed by atoms with van der Waals surface area (Å²) in [5.74, 6) is 0. The average Bonchev–Trinajstić information content (AvgIpc) is 2.51. The summed E-state index contributed by atoms with van der Waals surface area (Å²) in [6, 6.07) is 0. The molecule has 1 unspecified atom stereocenters. The van der Waals surface area contributed by atoms with Crippen molar-refractivity contribution in [2.45, 2.75) is 59.0 Å². The molecule has 0 aromatic heterocycles. The van der Waals surface area contributed by atoms with Crippen LogP contribution in [0.15, 0.2) is 37.0 Å². The van der Waals surface area contributed by atoms with Crippen molar-refractivity contribution in [2.75, 3.05) is 0 Å². The maximum absolute atomic E-state index is 11.4. The molecule has 1 N–H and O–H groups in total. The molecular formula is C17H28O. The molecule has 1 aliphatic rings. The van der Waals surface area contributed by atoms with Crippen molar-refractivity contribution in [3.05, 3.63) is 37.0 Å². The van der Waals surface area contributed by atoms with E-state index in [0.29, 0.717) is 0 Å². The molecule has 0 heterocycles. The van der Waals surface area contributed by atoms with Gasteiger partial charge in [-0.15, -0.1) is 6.58 Å². The van der Waals surface area contributed by atoms with Crippen LogP contribution in [0.1, 0.15) is 53.4 Å². The quantitative estimate of drug-likeness (QED) is 0.703. The molecule has 1 fully saturated rings. The Kier molecular flexibility index (Phi) is 3.97. The Morgan fingerprint density at radius 1 is 1.11 bits per heavy atom. The van der Waals surface area contributed by atoms with Crippen molar-refractivity contribution >= 4 is 0 Å². The maximum atomic E-state index is 11.4. The van der Waals surface area contributed by atoms with Crippen molar-refractivity contribution in [2.24, 2.45) is 10.8 Å². The van der Waals surface area contributed by atoms with Crippen LogP contribution in [0.5, 0.6) is 0 Å². The fourth-order valence-electron chi connectivity index (χ4n) is 3.52. The lowest BCUT2D eigenvalue weighted by atomic mass is 9.60. The molecule has 1 aliphatic carbocycles. The summed E-state index contributed by atoms with van der Waals surface area (Å²) in [7, 11) is 0. The number of allylic oxidation sites excluding steroid dienone is 1. The van der Waals surface area contributed by atoms with Crippen molar-refractivity contribution in [1.82, 2.24) is 0 Å². The topological polar surface area (TPSA) is 20.2 Å². The summed E-state index contributed by atoms with van der Waals surface area (Å²) in [6.45, 7) is 20.4. The van der Waals surface area contributed by atoms with Gasteiger partial charge in [0.2, 0.25) is 0 Å². The van der Waals surface area contributed by atoms with Crippen LogP contribution in [0.25, 0.3) is 0 Å². The zero-order valence-electron chi connectivity index (χ0n) is 12.5. The van der Waals surface area contributed by atoms with Crippen LogP contribution in [0.2, 0.25) is 0 Å². The lowest BCUT2D eigenvalue weighted by Gasteiger charge is -2.49. The monoisotopic (exact) mass is 248 g/mol. The summed E-state index contributed by atoms with van der Waals surface area (Å²) in [5.41, 5.74) is 0.900. The van der Waals surface area contributed by atoms with E-state index in [2.05, 4.69) is 33.6 Å². The highest BCUT2D eigenvalue weighted by Gasteiger charge is 2.62. The van der Waals surface area contributed by atoms with Crippen LogP contribution < -0.4 is 0 Å². The minimum absolute atomic E-state index is 0.232. The van der Waals surface area contributed by atoms with E-state index in [1.807, 2.05) is 19.9 Å². The normalized spacial score (nSPS) is 39.6. The van der Waals surface area contributed by atoms with Crippen molar-refractivity contribution in [3.63, 3.8) is 0 Å². The Morgan fingerprint density at radius 2 is 1.50 bits per heavy atom. The first-order valence-corrected chi connectivity index (χ1v) is 6.81. The Balaban J connectivity index is 3.31. The van der Waals surface area contributed by atoms with Gasteiger partial charge in [-0.2, -0.15) is 0 Å². The molecular weight excluding hydrogens is 220 g/mol. The zero-order valence-corrected chi connectivity index (χ0v) is 12.5. The fraction of sp³-hybridized carbons (Fsp3) is 0.647. The first kappa shape index (κ1) is 15.2. The van der Waals surface area contributed by atoms with E-state index < -0.39 is 5.60 Å². The van der Waals surface area contributed by atoms with Crippen LogP contribution in [0, 0.1) is 10.8 Å². The van der Waals surface area contributed by atoms with Gasteiger partial charge in [-0.25, -0.2) is 0 Å². The number of rotatable bonds is 5. The fourth-order valence-corrected chi connectivity index (χ4v) is 3.52. The Hall–Kier alpha value is -0.820. The summed E-state index contributed by atoms with van der Waals surface area (Å²) in [6.07, 6.45) is 5.37. The highest BCUT2D eigenvalue weighted by Crippen LogP contribution is 2.63. The molecule has 3 atom stereocenters. The molecule has 18 heavy (non-hydrogen) atoms. The van der Waals surface area contributed by atoms with Crippen LogP contribution in [-0.2, 0) is 0 Å². The summed E-state index contributed by atoms with van der Waals surface area (Å²) >= 11 is 0. The molecule has 0 bridgehead atoms. The molecule has 1 nitrogen and oxygen atoms in total. The number of hydrogen-bond donors (Lipinski definition) is 1. The third kappa shape index (κ3) is 1.80. The lowest BCUT2D eigenvalue weighted by Crippen LogP contribution is -2.52. The molecule has 0 aliphatic heterocycles. The molecule has 0 spiro atoms. The first-order valence-electron chi connectivity index (χ1n) is 6.81. The van der Waals surface area contributed by atoms with Crippen molar-refractivity contribution in [3.8, 4) is 0 Å². The summed E-state index contributed by atoms with van der Waals surface area (Å²) in [4.78, 5) is 0. The minimum Gasteiger partial charge on any atom is -0.388 e. The van der Waals surface area contributed by atoms with Crippen LogP contribution in [-0.4, -0.2) is 10.7 Å². The van der Waals surface area contributed by atoms with Crippen LogP contribution in [0.4, 0.5) is 0 Å². The molecule has 1 saturated carbocycles. The molecule has 0 aromatic carbocycles. The van der Waals surface area contributed by atoms with E-state index in [1.54, 1.807) is 0 Å². The third-order valence-corrected chi connectivity index (χ3v) is 5.54. The zero-order chi connectivity index (χ0) is 14.2. The van der Waals surface area contributed by atoms with Gasteiger partial charge in [0.15, 0.2) is 0 Å². The second-order valence-electron chi connectivity index (χ2n) is 6.41. The van der Waals surface area contributed by atoms with Gasteiger partial charge in [0, 0.05) is 10.8 Å². The van der Waals surface area contributed by atoms with Gasteiger partial charge in [-0.1, -0.05) is 44.2 Å². The van der Waals surface area contributed by atoms with Gasteiger partial charge >= 0.3 is 0 Å². The smallest absolute Gasteiger partial charge is 0.0830 e. The predicted octanol–water partition coefficient (Wildman–Crippen LogP) is 4.64. The lowest BCUT2D eigenvalue weighted by molar-refractivity contribution is -0.1000. The van der Waals surface area contributed by atoms with Gasteiger partial charge in [-0.3, -0.25) is 0 Å². The summed E-state index contributed by atoms with van der Waals surface area (Å²) < 4.78 is 0. The molecule has 0 amide bonds. The maximum Gasteiger partial charge on any atom is 0.0830 e. The van der Waals surface area contributed by atoms with Crippen molar-refractivity contribution < 1.29 is 5.11 Å². The highest BCUT2D eigenvalue weighted by molar-refractivity contribution is 5.30. The second kappa shape index (κ2) is 4.70. The predicted molar refractivity (Wildman–Crippen MR) is 79.5 cm³/mol. The Morgan fingerprint density at radius 3 is 1.78 bits per heavy atom. The van der Waals surface area contributed by atoms with Gasteiger partial charge < -0.3 is 5.11 Å². The standard InChI is InChI=1S/C17H28O/c1-8-9-10-17(18)15(6,13(2)3)11-12-16(17,7)14(4)5/h8,18H,1-2,4,9-12H2,3,5-7H3/t15-,16+,17?. The largest absolute Gasteiger partial charge is 0.388 e. The van der Waals surface area contributed by atoms with Crippen LogP contribution >= 0.6 is 0 Å². The minimum atomic E-state index is -0.772. The van der Waals surface area contributed by atoms with E-state index >= 15 is 0 Å². The van der Waals surface area contributed by atoms with Gasteiger partial charge in [-0.05, 0) is 39.5 Å². The Labute approximate surface area is 112 Å². The molecule has 102 valence electrons. The van der Waals surface area contributed by atoms with Gasteiger partial charge in [0.25, 0.3) is 0 Å². The van der Waals surface area contributed by atoms with Gasteiger partial charge in [0.1, 0.15) is 0 Å². The summed E-state index contributed by atoms with van der Waals surface area (Å²) in [5, 5.41) is 11.4. The van der Waals surface area contributed by atoms with Crippen LogP contribution in [0.3, 0.4) is 0 Å². The highest BCUT2D eigenvalue weighted by atomic mass is 16.3. The molecule has 0 radical (unpaired) electrons. The average molecular weight is 248 g/mol. The first-order chi connectivity index (χ1) is 8.15. The van der Waals surface area contributed by atoms with E-state index in [-0.39, 0.29) is 10.8 Å². The van der Waals surface area contributed by atoms with E-state index in [0.717, 1.165) is 36.8 Å². The number of hydrogen-bond acceptors (Lipinski definition) is 1. The molecule has 0 aromatic rings. The second-order valence-corrected chi connectivity index (χ2v) is 6.41. The van der Waals surface area contributed by atoms with E-state index in [1.165, 1.54) is 0 Å². The van der Waals surface area contributed by atoms with Gasteiger partial charge in [0.05, 0.1) is 5.60 Å². The van der Waals surface area contributed by atoms with E-state index in [4.69, 9.17) is 0 Å². The van der Waals surface area contributed by atoms with E-state index in [9.17, 15) is 5.11 Å². The Bertz CT molecular complexity index is 351. The third-order valence-electron chi connectivity index (χ3n) is 5.54. The van der Waals surface area contributed by atoms with Crippen molar-refractivity contribution in [1.29, 1.82) is 0 Å².